The Kier molecular flexibility index (Phi) is 4.66. The lowest BCUT2D eigenvalue weighted by Crippen LogP contribution is -2.26. The average molecular weight is 325 g/mol. The second kappa shape index (κ2) is 5.71. The zero-order valence-electron chi connectivity index (χ0n) is 10.5. The lowest BCUT2D eigenvalue weighted by molar-refractivity contribution is -0.387. The van der Waals surface area contributed by atoms with Crippen LogP contribution in [0, 0.1) is 15.9 Å². The van der Waals surface area contributed by atoms with Gasteiger partial charge in [0.2, 0.25) is 5.82 Å². The molecule has 1 rings (SSSR count). The predicted octanol–water partition coefficient (Wildman–Crippen LogP) is 1.75. The first-order valence-corrected chi connectivity index (χ1v) is 7.58. The summed E-state index contributed by atoms with van der Waals surface area (Å²) in [5.41, 5.74) is -1.46. The average Bonchev–Trinajstić information content (AvgIpc) is 2.35. The van der Waals surface area contributed by atoms with Gasteiger partial charge in [-0.25, -0.2) is 8.42 Å². The molecular weight excluding hydrogens is 315 g/mol. The number of halogens is 2. The molecule has 0 aliphatic heterocycles. The number of nitro groups is 1. The molecule has 0 aliphatic carbocycles. The minimum Gasteiger partial charge on any atom is -0.342 e. The highest BCUT2D eigenvalue weighted by Gasteiger charge is 2.28. The molecule has 0 spiro atoms. The third-order valence-corrected chi connectivity index (χ3v) is 3.87. The maximum Gasteiger partial charge on any atom is 0.307 e. The van der Waals surface area contributed by atoms with Gasteiger partial charge in [-0.3, -0.25) is 14.9 Å². The summed E-state index contributed by atoms with van der Waals surface area (Å²) in [4.78, 5) is 21.6. The molecule has 0 saturated carbocycles. The first-order valence-electron chi connectivity index (χ1n) is 5.27. The van der Waals surface area contributed by atoms with Gasteiger partial charge < -0.3 is 4.90 Å². The molecule has 20 heavy (non-hydrogen) atoms. The first-order chi connectivity index (χ1) is 9.09. The van der Waals surface area contributed by atoms with E-state index in [1.54, 1.807) is 6.92 Å². The van der Waals surface area contributed by atoms with E-state index < -0.39 is 36.3 Å². The standard InChI is InChI=1S/C10H10ClFN2O5S/c1-3-13(2)10(15)6-4-7(14(16)17)9(12)8(5-6)20(11,18)19/h4-5H,3H2,1-2H3. The third kappa shape index (κ3) is 3.23. The highest BCUT2D eigenvalue weighted by Crippen LogP contribution is 2.29. The van der Waals surface area contributed by atoms with Crippen molar-refractivity contribution in [2.45, 2.75) is 11.8 Å². The smallest absolute Gasteiger partial charge is 0.307 e. The molecule has 0 aliphatic rings. The largest absolute Gasteiger partial charge is 0.342 e. The highest BCUT2D eigenvalue weighted by atomic mass is 35.7. The third-order valence-electron chi connectivity index (χ3n) is 2.55. The van der Waals surface area contributed by atoms with Crippen LogP contribution in [-0.2, 0) is 9.05 Å². The second-order valence-corrected chi connectivity index (χ2v) is 6.36. The van der Waals surface area contributed by atoms with Crippen molar-refractivity contribution in [3.63, 3.8) is 0 Å². The van der Waals surface area contributed by atoms with E-state index in [0.29, 0.717) is 12.1 Å². The molecule has 0 saturated heterocycles. The van der Waals surface area contributed by atoms with Gasteiger partial charge in [-0.1, -0.05) is 0 Å². The first kappa shape index (κ1) is 16.3. The van der Waals surface area contributed by atoms with Gasteiger partial charge in [-0.05, 0) is 13.0 Å². The van der Waals surface area contributed by atoms with E-state index >= 15 is 0 Å². The van der Waals surface area contributed by atoms with Crippen LogP contribution in [0.25, 0.3) is 0 Å². The van der Waals surface area contributed by atoms with Crippen LogP contribution < -0.4 is 0 Å². The topological polar surface area (TPSA) is 97.6 Å². The van der Waals surface area contributed by atoms with Gasteiger partial charge in [0.15, 0.2) is 0 Å². The molecule has 0 N–H and O–H groups in total. The number of hydrogen-bond donors (Lipinski definition) is 0. The molecule has 0 fully saturated rings. The van der Waals surface area contributed by atoms with Crippen LogP contribution in [0.3, 0.4) is 0 Å². The van der Waals surface area contributed by atoms with Crippen LogP contribution >= 0.6 is 10.7 Å². The van der Waals surface area contributed by atoms with Gasteiger partial charge in [-0.2, -0.15) is 4.39 Å². The van der Waals surface area contributed by atoms with Crippen molar-refractivity contribution in [3.05, 3.63) is 33.6 Å². The lowest BCUT2D eigenvalue weighted by atomic mass is 10.1. The molecule has 1 aromatic carbocycles. The van der Waals surface area contributed by atoms with Gasteiger partial charge in [0.1, 0.15) is 4.90 Å². The number of carbonyl (C=O) groups excluding carboxylic acids is 1. The Balaban J connectivity index is 3.61. The summed E-state index contributed by atoms with van der Waals surface area (Å²) in [5, 5.41) is 10.7. The number of carbonyl (C=O) groups is 1. The highest BCUT2D eigenvalue weighted by molar-refractivity contribution is 8.13. The number of nitrogens with zero attached hydrogens (tertiary/aromatic N) is 2. The van der Waals surface area contributed by atoms with Crippen molar-refractivity contribution >= 4 is 31.3 Å². The minimum absolute atomic E-state index is 0.285. The fourth-order valence-corrected chi connectivity index (χ4v) is 2.30. The van der Waals surface area contributed by atoms with Gasteiger partial charge in [0.25, 0.3) is 15.0 Å². The van der Waals surface area contributed by atoms with Crippen LogP contribution in [0.15, 0.2) is 17.0 Å². The molecule has 110 valence electrons. The number of hydrogen-bond acceptors (Lipinski definition) is 5. The monoisotopic (exact) mass is 324 g/mol. The van der Waals surface area contributed by atoms with Crippen molar-refractivity contribution in [3.8, 4) is 0 Å². The summed E-state index contributed by atoms with van der Waals surface area (Å²) < 4.78 is 36.2. The van der Waals surface area contributed by atoms with Gasteiger partial charge >= 0.3 is 5.69 Å². The lowest BCUT2D eigenvalue weighted by Gasteiger charge is -2.14. The van der Waals surface area contributed by atoms with Crippen molar-refractivity contribution in [2.75, 3.05) is 13.6 Å². The summed E-state index contributed by atoms with van der Waals surface area (Å²) in [6.45, 7) is 1.93. The number of benzene rings is 1. The van der Waals surface area contributed by atoms with E-state index in [-0.39, 0.29) is 12.1 Å². The van der Waals surface area contributed by atoms with E-state index in [4.69, 9.17) is 10.7 Å². The molecule has 10 heteroatoms. The fourth-order valence-electron chi connectivity index (χ4n) is 1.38. The van der Waals surface area contributed by atoms with Crippen molar-refractivity contribution < 1.29 is 22.5 Å². The molecule has 1 aromatic rings. The van der Waals surface area contributed by atoms with E-state index in [1.165, 1.54) is 11.9 Å². The van der Waals surface area contributed by atoms with Crippen molar-refractivity contribution in [1.29, 1.82) is 0 Å². The van der Waals surface area contributed by atoms with Crippen LogP contribution in [0.2, 0.25) is 0 Å². The molecule has 1 amide bonds. The van der Waals surface area contributed by atoms with E-state index in [1.807, 2.05) is 0 Å². The van der Waals surface area contributed by atoms with E-state index in [9.17, 15) is 27.7 Å². The van der Waals surface area contributed by atoms with Crippen LogP contribution in [0.1, 0.15) is 17.3 Å². The number of rotatable bonds is 4. The van der Waals surface area contributed by atoms with Gasteiger partial charge in [0, 0.05) is 35.9 Å². The fraction of sp³-hybridized carbons (Fsp3) is 0.300. The Morgan fingerprint density at radius 2 is 2.05 bits per heavy atom. The predicted molar refractivity (Wildman–Crippen MR) is 68.7 cm³/mol. The molecule has 0 radical (unpaired) electrons. The minimum atomic E-state index is -4.56. The molecule has 0 unspecified atom stereocenters. The van der Waals surface area contributed by atoms with E-state index in [2.05, 4.69) is 0 Å². The Bertz CT molecular complexity index is 676. The Labute approximate surface area is 118 Å². The second-order valence-electron chi connectivity index (χ2n) is 3.82. The summed E-state index contributed by atoms with van der Waals surface area (Å²) in [6, 6.07) is 1.36. The van der Waals surface area contributed by atoms with Crippen molar-refractivity contribution in [2.24, 2.45) is 0 Å². The Morgan fingerprint density at radius 3 is 2.45 bits per heavy atom. The summed E-state index contributed by atoms with van der Waals surface area (Å²) in [6.07, 6.45) is 0. The van der Waals surface area contributed by atoms with Crippen LogP contribution in [0.5, 0.6) is 0 Å². The van der Waals surface area contributed by atoms with Crippen LogP contribution in [-0.4, -0.2) is 37.7 Å². The van der Waals surface area contributed by atoms with E-state index in [0.717, 1.165) is 0 Å². The maximum absolute atomic E-state index is 13.7. The SMILES string of the molecule is CCN(C)C(=O)c1cc([N+](=O)[O-])c(F)c(S(=O)(=O)Cl)c1. The molecular formula is C10H10ClFN2O5S. The Morgan fingerprint density at radius 1 is 1.50 bits per heavy atom. The van der Waals surface area contributed by atoms with Gasteiger partial charge in [-0.15, -0.1) is 0 Å². The summed E-state index contributed by atoms with van der Waals surface area (Å²) >= 11 is 0. The maximum atomic E-state index is 13.7. The normalized spacial score (nSPS) is 11.2. The molecule has 0 aromatic heterocycles. The zero-order valence-corrected chi connectivity index (χ0v) is 12.0. The zero-order chi connectivity index (χ0) is 15.7. The quantitative estimate of drug-likeness (QED) is 0.477. The summed E-state index contributed by atoms with van der Waals surface area (Å²) in [5.74, 6) is -2.28. The molecule has 0 atom stereocenters. The van der Waals surface area contributed by atoms with Crippen LogP contribution in [0.4, 0.5) is 10.1 Å². The molecule has 7 nitrogen and oxygen atoms in total. The summed E-state index contributed by atoms with van der Waals surface area (Å²) in [7, 11) is 1.87. The number of nitro benzene ring substituents is 1. The molecule has 0 bridgehead atoms. The Hall–Kier alpha value is -1.74. The molecule has 0 heterocycles. The number of amides is 1. The van der Waals surface area contributed by atoms with Crippen molar-refractivity contribution in [1.82, 2.24) is 4.90 Å². The van der Waals surface area contributed by atoms with Gasteiger partial charge in [0.05, 0.1) is 4.92 Å².